The number of hydrogen-bond acceptors (Lipinski definition) is 0. The second kappa shape index (κ2) is 29.6. The van der Waals surface area contributed by atoms with E-state index in [9.17, 15) is 52.7 Å². The van der Waals surface area contributed by atoms with Gasteiger partial charge in [0.25, 0.3) is 0 Å². The Balaban J connectivity index is 0.000000354. The molecule has 0 amide bonds. The van der Waals surface area contributed by atoms with E-state index in [2.05, 4.69) is 45.0 Å². The molecule has 0 aliphatic rings. The molecular formula is C55H58BF20N. The molecule has 0 saturated carbocycles. The van der Waals surface area contributed by atoms with Gasteiger partial charge in [-0.2, -0.15) is 0 Å². The van der Waals surface area contributed by atoms with Crippen molar-refractivity contribution in [2.24, 2.45) is 0 Å². The molecule has 22 heteroatoms. The van der Waals surface area contributed by atoms with Crippen LogP contribution in [-0.4, -0.2) is 19.2 Å². The summed E-state index contributed by atoms with van der Waals surface area (Å²) in [6.45, 7) is 9.54. The van der Waals surface area contributed by atoms with E-state index in [1.807, 2.05) is 0 Å². The molecule has 1 N–H and O–H groups in total. The predicted octanol–water partition coefficient (Wildman–Crippen LogP) is 15.2. The maximum Gasteiger partial charge on any atom is 0.200 e. The van der Waals surface area contributed by atoms with E-state index in [1.165, 1.54) is 147 Å². The first-order valence-electron chi connectivity index (χ1n) is 25.6. The van der Waals surface area contributed by atoms with Crippen LogP contribution in [0, 0.1) is 123 Å². The first-order valence-corrected chi connectivity index (χ1v) is 25.6. The molecule has 5 aromatic rings. The Kier molecular flexibility index (Phi) is 24.7. The van der Waals surface area contributed by atoms with E-state index in [4.69, 9.17) is 0 Å². The van der Waals surface area contributed by atoms with E-state index in [1.54, 1.807) is 10.6 Å². The Bertz CT molecular complexity index is 2380. The highest BCUT2D eigenvalue weighted by molar-refractivity contribution is 7.20. The van der Waals surface area contributed by atoms with Crippen LogP contribution < -0.4 is 26.8 Å². The molecule has 0 saturated heterocycles. The number of aryl methyl sites for hydroxylation is 1. The molecule has 5 rings (SSSR count). The minimum absolute atomic E-state index is 1.32. The van der Waals surface area contributed by atoms with Crippen LogP contribution in [0.15, 0.2) is 24.3 Å². The zero-order chi connectivity index (χ0) is 57.5. The maximum absolute atomic E-state index is 15.4. The van der Waals surface area contributed by atoms with Crippen molar-refractivity contribution < 1.29 is 92.7 Å². The molecule has 426 valence electrons. The van der Waals surface area contributed by atoms with Gasteiger partial charge in [-0.15, -0.1) is 21.9 Å². The van der Waals surface area contributed by atoms with E-state index in [-0.39, 0.29) is 0 Å². The van der Waals surface area contributed by atoms with Crippen LogP contribution in [0.3, 0.4) is 0 Å². The van der Waals surface area contributed by atoms with Crippen molar-refractivity contribution in [3.63, 3.8) is 0 Å². The molecule has 0 bridgehead atoms. The molecule has 0 spiro atoms. The predicted molar refractivity (Wildman–Crippen MR) is 254 cm³/mol. The lowest BCUT2D eigenvalue weighted by molar-refractivity contribution is -0.833. The summed E-state index contributed by atoms with van der Waals surface area (Å²) in [4.78, 5) is 1.74. The normalized spacial score (nSPS) is 11.8. The third-order valence-corrected chi connectivity index (χ3v) is 13.9. The lowest BCUT2D eigenvalue weighted by Gasteiger charge is -2.44. The first-order chi connectivity index (χ1) is 36.5. The van der Waals surface area contributed by atoms with Crippen molar-refractivity contribution in [1.29, 1.82) is 0 Å². The van der Waals surface area contributed by atoms with Crippen LogP contribution in [0.4, 0.5) is 93.5 Å². The molecule has 77 heavy (non-hydrogen) atoms. The molecule has 0 heterocycles. The lowest BCUT2D eigenvalue weighted by atomic mass is 9.12. The molecule has 0 aliphatic carbocycles. The average molecular weight is 1120 g/mol. The smallest absolute Gasteiger partial charge is 0.200 e. The molecule has 0 aromatic heterocycles. The Morgan fingerprint density at radius 3 is 0.688 bits per heavy atom. The van der Waals surface area contributed by atoms with Crippen molar-refractivity contribution >= 4 is 33.7 Å². The van der Waals surface area contributed by atoms with Gasteiger partial charge >= 0.3 is 0 Å². The van der Waals surface area contributed by atoms with Gasteiger partial charge in [0, 0.05) is 5.56 Å². The highest BCUT2D eigenvalue weighted by atomic mass is 19.2. The van der Waals surface area contributed by atoms with Crippen molar-refractivity contribution in [1.82, 2.24) is 0 Å². The number of rotatable bonds is 27. The summed E-state index contributed by atoms with van der Waals surface area (Å²) in [5, 5.41) is 0. The number of unbranched alkanes of at least 4 members (excludes halogenated alkanes) is 18. The Morgan fingerprint density at radius 2 is 0.468 bits per heavy atom. The van der Waals surface area contributed by atoms with Crippen LogP contribution in [0.25, 0.3) is 0 Å². The lowest BCUT2D eigenvalue weighted by Crippen LogP contribution is -3.07. The highest BCUT2D eigenvalue weighted by Gasteiger charge is 2.52. The summed E-state index contributed by atoms with van der Waals surface area (Å²) in [6.07, 6.45) is 21.4. The zero-order valence-corrected chi connectivity index (χ0v) is 42.5. The average Bonchev–Trinajstić information content (AvgIpc) is 3.49. The second-order valence-corrected chi connectivity index (χ2v) is 19.1. The topological polar surface area (TPSA) is 4.44 Å². The van der Waals surface area contributed by atoms with Gasteiger partial charge in [0.1, 0.15) is 58.4 Å². The third kappa shape index (κ3) is 14.1. The monoisotopic (exact) mass is 1120 g/mol. The molecule has 0 unspecified atom stereocenters. The van der Waals surface area contributed by atoms with Crippen LogP contribution in [0.1, 0.15) is 148 Å². The van der Waals surface area contributed by atoms with Crippen LogP contribution in [0.5, 0.6) is 0 Å². The van der Waals surface area contributed by atoms with Gasteiger partial charge in [-0.3, -0.25) is 0 Å². The molecule has 0 atom stereocenters. The Labute approximate surface area is 434 Å². The van der Waals surface area contributed by atoms with Crippen molar-refractivity contribution in [3.8, 4) is 0 Å². The molecule has 0 fully saturated rings. The number of nitrogens with one attached hydrogen (secondary N) is 1. The summed E-state index contributed by atoms with van der Waals surface area (Å²) in [5.41, 5.74) is -11.3. The molecular weight excluding hydrogens is 1070 g/mol. The summed E-state index contributed by atoms with van der Waals surface area (Å²) in [6, 6.07) is 9.10. The van der Waals surface area contributed by atoms with E-state index < -0.39 is 144 Å². The van der Waals surface area contributed by atoms with Gasteiger partial charge in [-0.05, 0) is 38.7 Å². The summed E-state index contributed by atoms with van der Waals surface area (Å²) in [7, 11) is 0. The first kappa shape index (κ1) is 64.3. The fraction of sp³-hybridized carbons (Fsp3) is 0.455. The van der Waals surface area contributed by atoms with Gasteiger partial charge in [-0.1, -0.05) is 135 Å². The summed E-state index contributed by atoms with van der Waals surface area (Å²) in [5.74, 6) is -71.4. The van der Waals surface area contributed by atoms with E-state index in [0.717, 1.165) is 0 Å². The van der Waals surface area contributed by atoms with Gasteiger partial charge < -0.3 is 4.90 Å². The molecule has 1 nitrogen and oxygen atoms in total. The molecule has 0 aliphatic heterocycles. The third-order valence-electron chi connectivity index (χ3n) is 13.9. The van der Waals surface area contributed by atoms with Gasteiger partial charge in [0.05, 0.1) is 13.1 Å². The van der Waals surface area contributed by atoms with Crippen LogP contribution >= 0.6 is 0 Å². The minimum Gasteiger partial charge on any atom is -0.302 e. The van der Waals surface area contributed by atoms with E-state index in [0.29, 0.717) is 0 Å². The molecule has 5 aromatic carbocycles. The summed E-state index contributed by atoms with van der Waals surface area (Å²) >= 11 is 0. The zero-order valence-electron chi connectivity index (χ0n) is 42.5. The van der Waals surface area contributed by atoms with E-state index >= 15 is 35.1 Å². The summed E-state index contributed by atoms with van der Waals surface area (Å²) < 4.78 is 294. The number of benzene rings is 5. The maximum atomic E-state index is 15.4. The standard InChI is InChI=1S/C31H57N.C24BF20/c1-4-6-8-10-12-14-16-18-20-24-28-32(31-27-23-22-26-30(31)3)29-25-21-19-17-15-13-11-9-7-5-2;26-5-1(6(27)14(35)21(42)13(5)34)25(2-7(28)15(36)22(43)16(37)8(2)29,3-9(30)17(38)23(44)18(39)10(3)31)4-11(32)19(40)24(45)20(41)12(4)33/h22-23,26-27H,4-21,24-25,28-29H2,1-3H3;/q;-1/p+1. The van der Waals surface area contributed by atoms with Crippen LogP contribution in [0.2, 0.25) is 0 Å². The fourth-order valence-corrected chi connectivity index (χ4v) is 9.89. The molecule has 0 radical (unpaired) electrons. The number of halogens is 20. The van der Waals surface area contributed by atoms with Crippen molar-refractivity contribution in [2.45, 2.75) is 149 Å². The largest absolute Gasteiger partial charge is 0.302 e. The fourth-order valence-electron chi connectivity index (χ4n) is 9.89. The number of hydrogen-bond donors (Lipinski definition) is 1. The number of para-hydroxylation sites is 1. The second-order valence-electron chi connectivity index (χ2n) is 19.1. The quantitative estimate of drug-likeness (QED) is 0.0176. The van der Waals surface area contributed by atoms with Crippen LogP contribution in [-0.2, 0) is 0 Å². The van der Waals surface area contributed by atoms with Crippen molar-refractivity contribution in [3.05, 3.63) is 146 Å². The number of quaternary nitrogens is 1. The SMILES string of the molecule is CCCCCCCCCCCC[NH+](CCCCCCCCCCCC)c1ccccc1C.Fc1c(F)c(F)c([B-](c2c(F)c(F)c(F)c(F)c2F)(c2c(F)c(F)c(F)c(F)c2F)c2c(F)c(F)c(F)c(F)c2F)c(F)c1F. The Morgan fingerprint density at radius 1 is 0.273 bits per heavy atom. The van der Waals surface area contributed by atoms with Gasteiger partial charge in [0.15, 0.2) is 69.8 Å². The minimum atomic E-state index is -7.22. The van der Waals surface area contributed by atoms with Gasteiger partial charge in [-0.25, -0.2) is 87.8 Å². The Hall–Kier alpha value is -5.28. The highest BCUT2D eigenvalue weighted by Crippen LogP contribution is 2.31. The van der Waals surface area contributed by atoms with Crippen molar-refractivity contribution in [2.75, 3.05) is 13.1 Å². The van der Waals surface area contributed by atoms with Gasteiger partial charge in [0.2, 0.25) is 0 Å².